The van der Waals surface area contributed by atoms with Crippen LogP contribution < -0.4 is 5.32 Å². The lowest BCUT2D eigenvalue weighted by atomic mass is 10.0. The van der Waals surface area contributed by atoms with E-state index in [0.29, 0.717) is 34.1 Å². The molecule has 1 aliphatic carbocycles. The molecule has 154 valence electrons. The lowest BCUT2D eigenvalue weighted by Gasteiger charge is -2.09. The van der Waals surface area contributed by atoms with Crippen LogP contribution in [0.2, 0.25) is 0 Å². The number of amides is 1. The zero-order valence-corrected chi connectivity index (χ0v) is 16.6. The molecule has 0 atom stereocenters. The van der Waals surface area contributed by atoms with E-state index in [1.165, 1.54) is 12.3 Å². The number of aromatic nitrogens is 1. The Balaban J connectivity index is 1.97. The summed E-state index contributed by atoms with van der Waals surface area (Å²) in [5.41, 5.74) is 1.09. The minimum absolute atomic E-state index is 0.0393. The highest BCUT2D eigenvalue weighted by atomic mass is 19.1. The number of nitro groups is 1. The number of carbonyl (C=O) groups is 1. The van der Waals surface area contributed by atoms with Crippen LogP contribution in [0.5, 0.6) is 0 Å². The number of amidine groups is 1. The van der Waals surface area contributed by atoms with Crippen molar-refractivity contribution in [3.8, 4) is 0 Å². The van der Waals surface area contributed by atoms with Crippen molar-refractivity contribution in [1.82, 2.24) is 4.98 Å². The van der Waals surface area contributed by atoms with Gasteiger partial charge in [0.05, 0.1) is 10.6 Å². The summed E-state index contributed by atoms with van der Waals surface area (Å²) in [6.07, 6.45) is 4.71. The summed E-state index contributed by atoms with van der Waals surface area (Å²) in [4.78, 5) is 35.1. The second kappa shape index (κ2) is 8.73. The van der Waals surface area contributed by atoms with Crippen molar-refractivity contribution in [2.75, 3.05) is 12.4 Å². The highest BCUT2D eigenvalue weighted by molar-refractivity contribution is 6.17. The van der Waals surface area contributed by atoms with Crippen LogP contribution in [0.15, 0.2) is 53.1 Å². The van der Waals surface area contributed by atoms with Crippen molar-refractivity contribution in [3.63, 3.8) is 0 Å². The van der Waals surface area contributed by atoms with Crippen LogP contribution in [0, 0.1) is 28.8 Å². The third-order valence-electron chi connectivity index (χ3n) is 4.62. The van der Waals surface area contributed by atoms with Gasteiger partial charge in [0, 0.05) is 36.4 Å². The maximum absolute atomic E-state index is 13.9. The van der Waals surface area contributed by atoms with Gasteiger partial charge in [-0.1, -0.05) is 6.58 Å². The molecule has 1 saturated carbocycles. The van der Waals surface area contributed by atoms with Crippen molar-refractivity contribution in [2.45, 2.75) is 19.8 Å². The summed E-state index contributed by atoms with van der Waals surface area (Å²) in [6.45, 7) is 5.35. The topological polar surface area (TPSA) is 110 Å². The molecule has 1 aromatic carbocycles. The van der Waals surface area contributed by atoms with E-state index in [9.17, 15) is 19.3 Å². The SMILES string of the molecule is C=CC(=NC(=NC)c1ccnc(NC(=O)C2CC2)c1)c1cc([N+](=O)[O-])c(F)cc1C. The molecule has 8 nitrogen and oxygen atoms in total. The fourth-order valence-electron chi connectivity index (χ4n) is 2.86. The number of nitro benzene ring substituents is 1. The van der Waals surface area contributed by atoms with E-state index in [-0.39, 0.29) is 11.8 Å². The second-order valence-electron chi connectivity index (χ2n) is 6.82. The first kappa shape index (κ1) is 21.0. The van der Waals surface area contributed by atoms with Gasteiger partial charge in [-0.05, 0) is 49.6 Å². The monoisotopic (exact) mass is 409 g/mol. The Morgan fingerprint density at radius 2 is 2.13 bits per heavy atom. The molecule has 1 aliphatic rings. The fraction of sp³-hybridized carbons (Fsp3) is 0.238. The molecular formula is C21H20FN5O3. The molecule has 0 spiro atoms. The van der Waals surface area contributed by atoms with E-state index in [0.717, 1.165) is 25.0 Å². The molecule has 1 fully saturated rings. The Hall–Kier alpha value is -3.75. The number of nitrogens with zero attached hydrogens (tertiary/aromatic N) is 4. The lowest BCUT2D eigenvalue weighted by Crippen LogP contribution is -2.15. The molecule has 1 aromatic heterocycles. The number of benzene rings is 1. The summed E-state index contributed by atoms with van der Waals surface area (Å²) in [6, 6.07) is 5.55. The summed E-state index contributed by atoms with van der Waals surface area (Å²) < 4.78 is 13.9. The zero-order valence-electron chi connectivity index (χ0n) is 16.6. The van der Waals surface area contributed by atoms with Gasteiger partial charge in [0.25, 0.3) is 0 Å². The molecule has 1 heterocycles. The number of rotatable bonds is 6. The van der Waals surface area contributed by atoms with Gasteiger partial charge in [-0.15, -0.1) is 0 Å². The highest BCUT2D eigenvalue weighted by Crippen LogP contribution is 2.30. The Kier molecular flexibility index (Phi) is 6.10. The Morgan fingerprint density at radius 1 is 1.40 bits per heavy atom. The van der Waals surface area contributed by atoms with E-state index >= 15 is 0 Å². The Morgan fingerprint density at radius 3 is 2.73 bits per heavy atom. The maximum atomic E-state index is 13.9. The van der Waals surface area contributed by atoms with Gasteiger partial charge in [0.1, 0.15) is 5.82 Å². The van der Waals surface area contributed by atoms with Gasteiger partial charge in [0.2, 0.25) is 11.7 Å². The van der Waals surface area contributed by atoms with Gasteiger partial charge in [-0.2, -0.15) is 4.39 Å². The summed E-state index contributed by atoms with van der Waals surface area (Å²) >= 11 is 0. The van der Waals surface area contributed by atoms with Crippen LogP contribution >= 0.6 is 0 Å². The molecule has 0 radical (unpaired) electrons. The van der Waals surface area contributed by atoms with Gasteiger partial charge in [0.15, 0.2) is 5.84 Å². The van der Waals surface area contributed by atoms with Crippen molar-refractivity contribution < 1.29 is 14.1 Å². The van der Waals surface area contributed by atoms with Gasteiger partial charge >= 0.3 is 5.69 Å². The number of pyridine rings is 1. The summed E-state index contributed by atoms with van der Waals surface area (Å²) in [5.74, 6) is -0.258. The van der Waals surface area contributed by atoms with Crippen LogP contribution in [-0.4, -0.2) is 34.4 Å². The largest absolute Gasteiger partial charge is 0.310 e. The number of allylic oxidation sites excluding steroid dienone is 1. The molecule has 1 amide bonds. The van der Waals surface area contributed by atoms with E-state index in [1.807, 2.05) is 0 Å². The van der Waals surface area contributed by atoms with Gasteiger partial charge in [-0.3, -0.25) is 19.9 Å². The standard InChI is InChI=1S/C21H20FN5O3/c1-4-17(15-11-18(27(29)30)16(22)9-12(15)2)25-20(23-3)14-7-8-24-19(10-14)26-21(28)13-5-6-13/h4,7-11,13H,1,5-6H2,2-3H3,(H,24,26,28). The van der Waals surface area contributed by atoms with E-state index < -0.39 is 16.4 Å². The summed E-state index contributed by atoms with van der Waals surface area (Å²) in [7, 11) is 1.54. The van der Waals surface area contributed by atoms with E-state index in [4.69, 9.17) is 0 Å². The third kappa shape index (κ3) is 4.62. The number of hydrogen-bond acceptors (Lipinski definition) is 5. The van der Waals surface area contributed by atoms with Crippen molar-refractivity contribution in [1.29, 1.82) is 0 Å². The first-order valence-electron chi connectivity index (χ1n) is 9.24. The Labute approximate surface area is 172 Å². The van der Waals surface area contributed by atoms with Gasteiger partial charge < -0.3 is 5.32 Å². The van der Waals surface area contributed by atoms with Crippen molar-refractivity contribution >= 4 is 29.0 Å². The van der Waals surface area contributed by atoms with Crippen molar-refractivity contribution in [3.05, 3.63) is 75.7 Å². The third-order valence-corrected chi connectivity index (χ3v) is 4.62. The first-order chi connectivity index (χ1) is 14.3. The van der Waals surface area contributed by atoms with Crippen LogP contribution in [0.4, 0.5) is 15.9 Å². The molecule has 0 bridgehead atoms. The average molecular weight is 409 g/mol. The molecular weight excluding hydrogens is 389 g/mol. The number of aliphatic imine (C=N–C) groups is 2. The minimum Gasteiger partial charge on any atom is -0.310 e. The summed E-state index contributed by atoms with van der Waals surface area (Å²) in [5, 5.41) is 13.9. The zero-order chi connectivity index (χ0) is 21.8. The van der Waals surface area contributed by atoms with E-state index in [1.54, 1.807) is 26.1 Å². The molecule has 0 saturated heterocycles. The molecule has 0 unspecified atom stereocenters. The first-order valence-corrected chi connectivity index (χ1v) is 9.24. The quantitative estimate of drug-likeness (QED) is 0.338. The average Bonchev–Trinajstić information content (AvgIpc) is 3.55. The predicted octanol–water partition coefficient (Wildman–Crippen LogP) is 3.84. The highest BCUT2D eigenvalue weighted by Gasteiger charge is 2.29. The number of halogens is 1. The number of hydrogen-bond donors (Lipinski definition) is 1. The Bertz CT molecular complexity index is 1090. The molecule has 9 heteroatoms. The van der Waals surface area contributed by atoms with Crippen molar-refractivity contribution in [2.24, 2.45) is 15.9 Å². The fourth-order valence-corrected chi connectivity index (χ4v) is 2.86. The molecule has 0 aliphatic heterocycles. The normalized spacial score (nSPS) is 14.4. The van der Waals surface area contributed by atoms with Crippen LogP contribution in [0.1, 0.15) is 29.5 Å². The van der Waals surface area contributed by atoms with Crippen LogP contribution in [-0.2, 0) is 4.79 Å². The maximum Gasteiger partial charge on any atom is 0.305 e. The van der Waals surface area contributed by atoms with Crippen LogP contribution in [0.25, 0.3) is 0 Å². The molecule has 30 heavy (non-hydrogen) atoms. The van der Waals surface area contributed by atoms with E-state index in [2.05, 4.69) is 26.9 Å². The number of carbonyl (C=O) groups excluding carboxylic acids is 1. The molecule has 3 rings (SSSR count). The molecule has 1 N–H and O–H groups in total. The lowest BCUT2D eigenvalue weighted by molar-refractivity contribution is -0.387. The predicted molar refractivity (Wildman–Crippen MR) is 113 cm³/mol. The van der Waals surface area contributed by atoms with Crippen LogP contribution in [0.3, 0.4) is 0 Å². The smallest absolute Gasteiger partial charge is 0.305 e. The minimum atomic E-state index is -0.917. The number of anilines is 1. The van der Waals surface area contributed by atoms with Gasteiger partial charge in [-0.25, -0.2) is 9.98 Å². The second-order valence-corrected chi connectivity index (χ2v) is 6.82. The number of aryl methyl sites for hydroxylation is 1. The number of nitrogens with one attached hydrogen (secondary N) is 1. The molecule has 2 aromatic rings.